The van der Waals surface area contributed by atoms with Crippen LogP contribution in [0.25, 0.3) is 0 Å². The van der Waals surface area contributed by atoms with Gasteiger partial charge in [0.05, 0.1) is 0 Å². The van der Waals surface area contributed by atoms with E-state index in [0.29, 0.717) is 13.1 Å². The molecule has 0 spiro atoms. The number of nitrogens with zero attached hydrogens (tertiary/aromatic N) is 1. The number of aliphatic hydroxyl groups is 1. The van der Waals surface area contributed by atoms with E-state index in [1.54, 1.807) is 0 Å². The Morgan fingerprint density at radius 3 is 2.67 bits per heavy atom. The van der Waals surface area contributed by atoms with Gasteiger partial charge in [-0.1, -0.05) is 0 Å². The van der Waals surface area contributed by atoms with Crippen molar-refractivity contribution in [2.45, 2.75) is 31.7 Å². The molecule has 0 bridgehead atoms. The maximum atomic E-state index is 12.2. The molecule has 0 aromatic carbocycles. The lowest BCUT2D eigenvalue weighted by Gasteiger charge is -2.33. The Morgan fingerprint density at radius 1 is 1.28 bits per heavy atom. The highest BCUT2D eigenvalue weighted by Crippen LogP contribution is 2.21. The molecule has 5 nitrogen and oxygen atoms in total. The minimum Gasteiger partial charge on any atom is -0.396 e. The number of piperidine rings is 1. The Morgan fingerprint density at radius 2 is 2.00 bits per heavy atom. The molecule has 2 rings (SSSR count). The van der Waals surface area contributed by atoms with Crippen molar-refractivity contribution in [1.82, 2.24) is 9.03 Å². The van der Waals surface area contributed by atoms with Crippen molar-refractivity contribution in [3.8, 4) is 0 Å². The van der Waals surface area contributed by atoms with Gasteiger partial charge in [-0.2, -0.15) is 29.2 Å². The largest absolute Gasteiger partial charge is 0.396 e. The van der Waals surface area contributed by atoms with E-state index in [1.807, 2.05) is 11.8 Å². The van der Waals surface area contributed by atoms with Gasteiger partial charge in [0, 0.05) is 25.7 Å². The Kier molecular flexibility index (Phi) is 5.32. The molecule has 1 atom stereocenters. The lowest BCUT2D eigenvalue weighted by Crippen LogP contribution is -2.50. The minimum absolute atomic E-state index is 0.0755. The van der Waals surface area contributed by atoms with Crippen LogP contribution in [0.1, 0.15) is 25.7 Å². The highest BCUT2D eigenvalue weighted by molar-refractivity contribution is 7.99. The van der Waals surface area contributed by atoms with Crippen molar-refractivity contribution in [2.24, 2.45) is 5.92 Å². The quantitative estimate of drug-likeness (QED) is 0.788. The molecule has 7 heteroatoms. The van der Waals surface area contributed by atoms with Crippen LogP contribution in [-0.2, 0) is 10.2 Å². The summed E-state index contributed by atoms with van der Waals surface area (Å²) in [5.41, 5.74) is 0. The molecule has 2 saturated heterocycles. The zero-order valence-corrected chi connectivity index (χ0v) is 12.2. The Labute approximate surface area is 114 Å². The van der Waals surface area contributed by atoms with Gasteiger partial charge in [0.2, 0.25) is 0 Å². The van der Waals surface area contributed by atoms with E-state index in [9.17, 15) is 8.42 Å². The van der Waals surface area contributed by atoms with Crippen LogP contribution < -0.4 is 4.72 Å². The summed E-state index contributed by atoms with van der Waals surface area (Å²) in [6, 6.07) is 0.0887. The molecule has 0 aromatic heterocycles. The van der Waals surface area contributed by atoms with Crippen molar-refractivity contribution in [2.75, 3.05) is 31.2 Å². The Bertz CT molecular complexity index is 355. The summed E-state index contributed by atoms with van der Waals surface area (Å²) in [7, 11) is -3.36. The third kappa shape index (κ3) is 3.84. The number of thioether (sulfide) groups is 1. The summed E-state index contributed by atoms with van der Waals surface area (Å²) >= 11 is 1.88. The Hall–Kier alpha value is 0.180. The molecule has 18 heavy (non-hydrogen) atoms. The van der Waals surface area contributed by atoms with Gasteiger partial charge in [0.15, 0.2) is 0 Å². The fourth-order valence-corrected chi connectivity index (χ4v) is 5.18. The first-order chi connectivity index (χ1) is 8.62. The first-order valence-electron chi connectivity index (χ1n) is 6.58. The maximum Gasteiger partial charge on any atom is 0.279 e. The molecule has 2 fully saturated rings. The topological polar surface area (TPSA) is 69.6 Å². The number of nitrogens with one attached hydrogen (secondary N) is 1. The number of hydrogen-bond donors (Lipinski definition) is 2. The summed E-state index contributed by atoms with van der Waals surface area (Å²) in [6.07, 6.45) is 3.59. The van der Waals surface area contributed by atoms with Crippen molar-refractivity contribution >= 4 is 22.0 Å². The smallest absolute Gasteiger partial charge is 0.279 e. The van der Waals surface area contributed by atoms with E-state index in [4.69, 9.17) is 5.11 Å². The molecule has 0 aromatic rings. The van der Waals surface area contributed by atoms with E-state index in [1.165, 1.54) is 4.31 Å². The van der Waals surface area contributed by atoms with E-state index < -0.39 is 10.2 Å². The predicted octanol–water partition coefficient (Wildman–Crippen LogP) is 0.421. The molecule has 2 aliphatic heterocycles. The fraction of sp³-hybridized carbons (Fsp3) is 1.00. The molecule has 2 aliphatic rings. The number of rotatable bonds is 4. The average Bonchev–Trinajstić information content (AvgIpc) is 2.39. The van der Waals surface area contributed by atoms with Crippen molar-refractivity contribution in [3.05, 3.63) is 0 Å². The van der Waals surface area contributed by atoms with E-state index >= 15 is 0 Å². The second-order valence-electron chi connectivity index (χ2n) is 5.06. The molecule has 0 aliphatic carbocycles. The van der Waals surface area contributed by atoms with Gasteiger partial charge in [-0.25, -0.2) is 0 Å². The summed E-state index contributed by atoms with van der Waals surface area (Å²) in [5, 5.41) is 9.15. The van der Waals surface area contributed by atoms with Crippen LogP contribution in [0.3, 0.4) is 0 Å². The minimum atomic E-state index is -3.36. The van der Waals surface area contributed by atoms with E-state index in [2.05, 4.69) is 4.72 Å². The Balaban J connectivity index is 1.92. The molecule has 0 saturated carbocycles. The number of aliphatic hydroxyl groups excluding tert-OH is 1. The van der Waals surface area contributed by atoms with Gasteiger partial charge in [0.25, 0.3) is 10.2 Å². The van der Waals surface area contributed by atoms with Gasteiger partial charge in [-0.15, -0.1) is 0 Å². The first kappa shape index (κ1) is 14.6. The second kappa shape index (κ2) is 6.56. The van der Waals surface area contributed by atoms with Crippen molar-refractivity contribution in [3.63, 3.8) is 0 Å². The van der Waals surface area contributed by atoms with Crippen LogP contribution in [0.2, 0.25) is 0 Å². The van der Waals surface area contributed by atoms with Gasteiger partial charge < -0.3 is 5.11 Å². The van der Waals surface area contributed by atoms with Gasteiger partial charge in [-0.3, -0.25) is 0 Å². The maximum absolute atomic E-state index is 12.2. The second-order valence-corrected chi connectivity index (χ2v) is 7.99. The monoisotopic (exact) mass is 294 g/mol. The molecule has 1 unspecified atom stereocenters. The SMILES string of the molecule is O=S(=O)(NC1CCSCC1)N1CCCC(CO)C1. The summed E-state index contributed by atoms with van der Waals surface area (Å²) in [4.78, 5) is 0. The molecular formula is C11H22N2O3S2. The number of hydrogen-bond acceptors (Lipinski definition) is 4. The van der Waals surface area contributed by atoms with Crippen LogP contribution in [0.5, 0.6) is 0 Å². The molecular weight excluding hydrogens is 272 g/mol. The van der Waals surface area contributed by atoms with Gasteiger partial charge >= 0.3 is 0 Å². The molecule has 106 valence electrons. The third-order valence-electron chi connectivity index (χ3n) is 3.62. The van der Waals surface area contributed by atoms with Crippen LogP contribution >= 0.6 is 11.8 Å². The van der Waals surface area contributed by atoms with Crippen LogP contribution in [0.4, 0.5) is 0 Å². The summed E-state index contributed by atoms with van der Waals surface area (Å²) in [5.74, 6) is 2.16. The van der Waals surface area contributed by atoms with Gasteiger partial charge in [0.1, 0.15) is 0 Å². The normalized spacial score (nSPS) is 28.4. The highest BCUT2D eigenvalue weighted by Gasteiger charge is 2.30. The third-order valence-corrected chi connectivity index (χ3v) is 6.31. The summed E-state index contributed by atoms with van der Waals surface area (Å²) in [6.45, 7) is 1.10. The highest BCUT2D eigenvalue weighted by atomic mass is 32.2. The van der Waals surface area contributed by atoms with E-state index in [0.717, 1.165) is 37.2 Å². The molecule has 2 heterocycles. The standard InChI is InChI=1S/C11H22N2O3S2/c14-9-10-2-1-5-13(8-10)18(15,16)12-11-3-6-17-7-4-11/h10-12,14H,1-9H2. The molecule has 2 N–H and O–H groups in total. The molecule has 0 radical (unpaired) electrons. The van der Waals surface area contributed by atoms with Crippen LogP contribution in [-0.4, -0.2) is 55.1 Å². The van der Waals surface area contributed by atoms with Crippen LogP contribution in [0.15, 0.2) is 0 Å². The zero-order valence-electron chi connectivity index (χ0n) is 10.5. The van der Waals surface area contributed by atoms with Gasteiger partial charge in [-0.05, 0) is 43.1 Å². The first-order valence-corrected chi connectivity index (χ1v) is 9.17. The molecule has 0 amide bonds. The van der Waals surface area contributed by atoms with Crippen molar-refractivity contribution < 1.29 is 13.5 Å². The predicted molar refractivity (Wildman–Crippen MR) is 73.8 cm³/mol. The van der Waals surface area contributed by atoms with E-state index in [-0.39, 0.29) is 18.6 Å². The van der Waals surface area contributed by atoms with Crippen molar-refractivity contribution in [1.29, 1.82) is 0 Å². The summed E-state index contributed by atoms with van der Waals surface area (Å²) < 4.78 is 28.8. The zero-order chi connectivity index (χ0) is 13.0. The van der Waals surface area contributed by atoms with Crippen LogP contribution in [0, 0.1) is 5.92 Å². The fourth-order valence-electron chi connectivity index (χ4n) is 2.49. The lowest BCUT2D eigenvalue weighted by atomic mass is 10.0. The lowest BCUT2D eigenvalue weighted by molar-refractivity contribution is 0.164. The average molecular weight is 294 g/mol.